The minimum atomic E-state index is -0.638. The minimum Gasteiger partial charge on any atom is -0.467 e. The van der Waals surface area contributed by atoms with Gasteiger partial charge in [-0.2, -0.15) is 0 Å². The Morgan fingerprint density at radius 3 is 2.88 bits per heavy atom. The SMILES string of the molecule is COC(=O)c1cc(CN(C)C[C@@H](O)COCc2ccco2)oc1C. The van der Waals surface area contributed by atoms with Crippen LogP contribution in [0.5, 0.6) is 0 Å². The van der Waals surface area contributed by atoms with Crippen molar-refractivity contribution < 1.29 is 28.2 Å². The van der Waals surface area contributed by atoms with Crippen LogP contribution in [0.2, 0.25) is 0 Å². The first-order valence-electron chi connectivity index (χ1n) is 7.64. The van der Waals surface area contributed by atoms with Gasteiger partial charge in [-0.15, -0.1) is 0 Å². The first-order valence-corrected chi connectivity index (χ1v) is 7.64. The number of likely N-dealkylation sites (N-methyl/N-ethyl adjacent to an activating group) is 1. The number of carbonyl (C=O) groups excluding carboxylic acids is 1. The summed E-state index contributed by atoms with van der Waals surface area (Å²) in [5, 5.41) is 10.0. The first kappa shape index (κ1) is 18.3. The smallest absolute Gasteiger partial charge is 0.341 e. The van der Waals surface area contributed by atoms with E-state index in [2.05, 4.69) is 0 Å². The van der Waals surface area contributed by atoms with Crippen molar-refractivity contribution in [1.29, 1.82) is 0 Å². The van der Waals surface area contributed by atoms with Gasteiger partial charge in [-0.1, -0.05) is 0 Å². The Labute approximate surface area is 140 Å². The lowest BCUT2D eigenvalue weighted by molar-refractivity contribution is 0.00698. The molecule has 7 nitrogen and oxygen atoms in total. The van der Waals surface area contributed by atoms with E-state index in [1.54, 1.807) is 25.3 Å². The van der Waals surface area contributed by atoms with E-state index >= 15 is 0 Å². The fraction of sp³-hybridized carbons (Fsp3) is 0.471. The molecule has 0 fully saturated rings. The molecule has 0 aromatic carbocycles. The quantitative estimate of drug-likeness (QED) is 0.700. The number of furan rings is 2. The van der Waals surface area contributed by atoms with Crippen molar-refractivity contribution in [2.24, 2.45) is 0 Å². The molecular formula is C17H23NO6. The molecule has 1 N–H and O–H groups in total. The van der Waals surface area contributed by atoms with Crippen molar-refractivity contribution in [1.82, 2.24) is 4.90 Å². The lowest BCUT2D eigenvalue weighted by Gasteiger charge is -2.19. The number of hydrogen-bond donors (Lipinski definition) is 1. The predicted molar refractivity (Wildman–Crippen MR) is 85.5 cm³/mol. The Balaban J connectivity index is 1.75. The number of nitrogens with zero attached hydrogens (tertiary/aromatic N) is 1. The van der Waals surface area contributed by atoms with Crippen LogP contribution in [0.4, 0.5) is 0 Å². The fourth-order valence-electron chi connectivity index (χ4n) is 2.37. The standard InChI is InChI=1S/C17H23NO6/c1-12-16(17(20)21-3)7-15(24-12)9-18(2)8-13(19)10-22-11-14-5-4-6-23-14/h4-7,13,19H,8-11H2,1-3H3/t13-/m1/s1. The molecule has 2 rings (SSSR count). The first-order chi connectivity index (χ1) is 11.5. The zero-order chi connectivity index (χ0) is 17.5. The number of methoxy groups -OCH3 is 1. The summed E-state index contributed by atoms with van der Waals surface area (Å²) in [5.74, 6) is 1.46. The summed E-state index contributed by atoms with van der Waals surface area (Å²) >= 11 is 0. The van der Waals surface area contributed by atoms with Gasteiger partial charge in [0.25, 0.3) is 0 Å². The molecule has 7 heteroatoms. The number of ether oxygens (including phenoxy) is 2. The van der Waals surface area contributed by atoms with E-state index in [4.69, 9.17) is 18.3 Å². The maximum atomic E-state index is 11.6. The number of rotatable bonds is 9. The summed E-state index contributed by atoms with van der Waals surface area (Å²) < 4.78 is 20.8. The topological polar surface area (TPSA) is 85.3 Å². The van der Waals surface area contributed by atoms with E-state index in [9.17, 15) is 9.90 Å². The van der Waals surface area contributed by atoms with Crippen LogP contribution in [-0.2, 0) is 22.6 Å². The van der Waals surface area contributed by atoms with Gasteiger partial charge in [0.2, 0.25) is 0 Å². The van der Waals surface area contributed by atoms with Crippen molar-refractivity contribution in [2.75, 3.05) is 27.3 Å². The maximum absolute atomic E-state index is 11.6. The lowest BCUT2D eigenvalue weighted by Crippen LogP contribution is -2.31. The molecule has 0 unspecified atom stereocenters. The van der Waals surface area contributed by atoms with Crippen LogP contribution in [0.25, 0.3) is 0 Å². The molecular weight excluding hydrogens is 314 g/mol. The average molecular weight is 337 g/mol. The molecule has 2 aromatic heterocycles. The van der Waals surface area contributed by atoms with Crippen molar-refractivity contribution in [2.45, 2.75) is 26.2 Å². The lowest BCUT2D eigenvalue weighted by atomic mass is 10.2. The molecule has 2 aromatic rings. The van der Waals surface area contributed by atoms with Gasteiger partial charge < -0.3 is 23.4 Å². The molecule has 0 radical (unpaired) electrons. The zero-order valence-electron chi connectivity index (χ0n) is 14.2. The molecule has 2 heterocycles. The van der Waals surface area contributed by atoms with Crippen LogP contribution < -0.4 is 0 Å². The van der Waals surface area contributed by atoms with Crippen molar-refractivity contribution in [3.8, 4) is 0 Å². The maximum Gasteiger partial charge on any atom is 0.341 e. The number of hydrogen-bond acceptors (Lipinski definition) is 7. The summed E-state index contributed by atoms with van der Waals surface area (Å²) in [6.07, 6.45) is 0.942. The van der Waals surface area contributed by atoms with E-state index in [1.165, 1.54) is 7.11 Å². The highest BCUT2D eigenvalue weighted by Crippen LogP contribution is 2.17. The molecule has 1 atom stereocenters. The third-order valence-electron chi connectivity index (χ3n) is 3.46. The van der Waals surface area contributed by atoms with Gasteiger partial charge in [0.15, 0.2) is 0 Å². The summed E-state index contributed by atoms with van der Waals surface area (Å²) in [6.45, 7) is 3.12. The van der Waals surface area contributed by atoms with Crippen LogP contribution in [-0.4, -0.2) is 49.4 Å². The molecule has 24 heavy (non-hydrogen) atoms. The number of aryl methyl sites for hydroxylation is 1. The number of aliphatic hydroxyl groups excluding tert-OH is 1. The number of esters is 1. The molecule has 132 valence electrons. The van der Waals surface area contributed by atoms with Crippen molar-refractivity contribution in [3.05, 3.63) is 47.3 Å². The second kappa shape index (κ2) is 8.68. The van der Waals surface area contributed by atoms with E-state index < -0.39 is 12.1 Å². The zero-order valence-corrected chi connectivity index (χ0v) is 14.2. The van der Waals surface area contributed by atoms with E-state index in [0.717, 1.165) is 5.76 Å². The summed E-state index contributed by atoms with van der Waals surface area (Å²) in [6, 6.07) is 5.27. The van der Waals surface area contributed by atoms with Gasteiger partial charge in [0, 0.05) is 6.54 Å². The monoisotopic (exact) mass is 337 g/mol. The van der Waals surface area contributed by atoms with Crippen LogP contribution in [0.1, 0.15) is 27.6 Å². The van der Waals surface area contributed by atoms with Crippen LogP contribution in [0.3, 0.4) is 0 Å². The van der Waals surface area contributed by atoms with Gasteiger partial charge in [-0.05, 0) is 32.2 Å². The Hall–Kier alpha value is -2.09. The van der Waals surface area contributed by atoms with E-state index in [-0.39, 0.29) is 6.61 Å². The third-order valence-corrected chi connectivity index (χ3v) is 3.46. The highest BCUT2D eigenvalue weighted by Gasteiger charge is 2.17. The second-order valence-corrected chi connectivity index (χ2v) is 5.62. The highest BCUT2D eigenvalue weighted by molar-refractivity contribution is 5.90. The normalized spacial score (nSPS) is 12.5. The Kier molecular flexibility index (Phi) is 6.60. The Morgan fingerprint density at radius 2 is 2.21 bits per heavy atom. The molecule has 0 aliphatic rings. The average Bonchev–Trinajstić information content (AvgIpc) is 3.16. The Bertz CT molecular complexity index is 634. The van der Waals surface area contributed by atoms with Crippen molar-refractivity contribution in [3.63, 3.8) is 0 Å². The molecule has 0 aliphatic heterocycles. The van der Waals surface area contributed by atoms with Crippen LogP contribution >= 0.6 is 0 Å². The van der Waals surface area contributed by atoms with Gasteiger partial charge in [-0.25, -0.2) is 4.79 Å². The molecule has 0 saturated carbocycles. The molecule has 0 bridgehead atoms. The summed E-state index contributed by atoms with van der Waals surface area (Å²) in [4.78, 5) is 13.5. The van der Waals surface area contributed by atoms with Gasteiger partial charge in [0.1, 0.15) is 29.5 Å². The number of carbonyl (C=O) groups is 1. The van der Waals surface area contributed by atoms with E-state index in [1.807, 2.05) is 18.0 Å². The summed E-state index contributed by atoms with van der Waals surface area (Å²) in [7, 11) is 3.19. The molecule has 0 amide bonds. The van der Waals surface area contributed by atoms with Crippen LogP contribution in [0.15, 0.2) is 33.3 Å². The van der Waals surface area contributed by atoms with Gasteiger partial charge >= 0.3 is 5.97 Å². The van der Waals surface area contributed by atoms with E-state index in [0.29, 0.717) is 36.8 Å². The minimum absolute atomic E-state index is 0.204. The fourth-order valence-corrected chi connectivity index (χ4v) is 2.37. The molecule has 0 spiro atoms. The van der Waals surface area contributed by atoms with Gasteiger partial charge in [0.05, 0.1) is 32.6 Å². The number of aliphatic hydroxyl groups is 1. The molecule has 0 saturated heterocycles. The largest absolute Gasteiger partial charge is 0.467 e. The predicted octanol–water partition coefficient (Wildman–Crippen LogP) is 1.98. The van der Waals surface area contributed by atoms with Gasteiger partial charge in [-0.3, -0.25) is 4.90 Å². The van der Waals surface area contributed by atoms with Crippen molar-refractivity contribution >= 4 is 5.97 Å². The molecule has 0 aliphatic carbocycles. The third kappa shape index (κ3) is 5.23. The Morgan fingerprint density at radius 1 is 1.42 bits per heavy atom. The van der Waals surface area contributed by atoms with Crippen LogP contribution in [0, 0.1) is 6.92 Å². The highest BCUT2D eigenvalue weighted by atomic mass is 16.5. The summed E-state index contributed by atoms with van der Waals surface area (Å²) in [5.41, 5.74) is 0.420. The second-order valence-electron chi connectivity index (χ2n) is 5.62.